The molecule has 1 aliphatic rings. The van der Waals surface area contributed by atoms with Gasteiger partial charge in [0.1, 0.15) is 24.5 Å². The van der Waals surface area contributed by atoms with Gasteiger partial charge in [-0.15, -0.1) is 0 Å². The molecule has 0 amide bonds. The van der Waals surface area contributed by atoms with Crippen molar-refractivity contribution in [2.75, 3.05) is 18.4 Å². The van der Waals surface area contributed by atoms with Gasteiger partial charge in [-0.1, -0.05) is 23.7 Å². The van der Waals surface area contributed by atoms with Crippen LogP contribution in [-0.4, -0.2) is 28.0 Å². The minimum atomic E-state index is 0.364. The number of fused-ring (bicyclic) bond motifs is 1. The average molecular weight is 446 g/mol. The van der Waals surface area contributed by atoms with Crippen LogP contribution in [0.2, 0.25) is 5.02 Å². The van der Waals surface area contributed by atoms with Crippen molar-refractivity contribution in [1.29, 1.82) is 0 Å². The number of piperidine rings is 1. The van der Waals surface area contributed by atoms with Crippen LogP contribution in [-0.2, 0) is 6.61 Å². The van der Waals surface area contributed by atoms with E-state index in [0.29, 0.717) is 23.3 Å². The molecule has 4 aromatic rings. The minimum absolute atomic E-state index is 0.364. The lowest BCUT2D eigenvalue weighted by molar-refractivity contribution is 0.301. The number of ether oxygens (including phenoxy) is 1. The minimum Gasteiger partial charge on any atom is -0.486 e. The quantitative estimate of drug-likeness (QED) is 0.410. The summed E-state index contributed by atoms with van der Waals surface area (Å²) in [7, 11) is 0. The van der Waals surface area contributed by atoms with E-state index in [2.05, 4.69) is 43.8 Å². The first-order chi connectivity index (χ1) is 15.8. The van der Waals surface area contributed by atoms with Crippen LogP contribution in [0.4, 0.5) is 11.5 Å². The van der Waals surface area contributed by atoms with Crippen LogP contribution >= 0.6 is 11.6 Å². The van der Waals surface area contributed by atoms with Crippen LogP contribution in [0.15, 0.2) is 67.1 Å². The second-order valence-electron chi connectivity index (χ2n) is 7.92. The lowest BCUT2D eigenvalue weighted by Crippen LogP contribution is -2.28. The highest BCUT2D eigenvalue weighted by atomic mass is 35.5. The number of rotatable bonds is 6. The lowest BCUT2D eigenvalue weighted by atomic mass is 9.91. The maximum Gasteiger partial charge on any atom is 0.141 e. The van der Waals surface area contributed by atoms with Gasteiger partial charge in [-0.25, -0.2) is 9.97 Å². The molecule has 0 unspecified atom stereocenters. The predicted octanol–water partition coefficient (Wildman–Crippen LogP) is 5.47. The third-order valence-electron chi connectivity index (χ3n) is 5.72. The normalized spacial score (nSPS) is 16.1. The summed E-state index contributed by atoms with van der Waals surface area (Å²) in [4.78, 5) is 13.2. The van der Waals surface area contributed by atoms with Crippen LogP contribution in [0.5, 0.6) is 5.75 Å². The van der Waals surface area contributed by atoms with E-state index < -0.39 is 0 Å². The van der Waals surface area contributed by atoms with Crippen molar-refractivity contribution < 1.29 is 4.74 Å². The van der Waals surface area contributed by atoms with E-state index in [1.807, 2.05) is 36.4 Å². The average Bonchev–Trinajstić information content (AvgIpc) is 2.85. The van der Waals surface area contributed by atoms with Gasteiger partial charge in [-0.3, -0.25) is 4.98 Å². The summed E-state index contributed by atoms with van der Waals surface area (Å²) in [6.45, 7) is 2.47. The fourth-order valence-electron chi connectivity index (χ4n) is 4.03. The maximum absolute atomic E-state index is 6.48. The van der Waals surface area contributed by atoms with E-state index in [4.69, 9.17) is 16.3 Å². The standard InChI is InChI=1S/C25H24ClN5O/c26-22-13-19(7-9-24(22)32-15-20-5-1-2-11-28-20)31-25-21-12-17(18-4-3-10-27-14-18)6-8-23(21)29-16-30-25/h1-2,5-9,11-13,16,18,27H,3-4,10,14-15H2,(H,29,30,31)/t18-/m1/s1. The maximum atomic E-state index is 6.48. The monoisotopic (exact) mass is 445 g/mol. The number of nitrogens with one attached hydrogen (secondary N) is 2. The first-order valence-electron chi connectivity index (χ1n) is 10.8. The molecule has 5 rings (SSSR count). The second-order valence-corrected chi connectivity index (χ2v) is 8.33. The molecule has 0 aliphatic carbocycles. The van der Waals surface area contributed by atoms with Crippen LogP contribution in [0, 0.1) is 0 Å². The SMILES string of the molecule is Clc1cc(Nc2ncnc3ccc([C@@H]4CCCNC4)cc23)ccc1OCc1ccccn1. The highest BCUT2D eigenvalue weighted by Gasteiger charge is 2.16. The molecule has 1 fully saturated rings. The van der Waals surface area contributed by atoms with Gasteiger partial charge in [-0.2, -0.15) is 0 Å². The summed E-state index contributed by atoms with van der Waals surface area (Å²) in [6.07, 6.45) is 5.73. The molecule has 3 heterocycles. The fraction of sp³-hybridized carbons (Fsp3) is 0.240. The predicted molar refractivity (Wildman–Crippen MR) is 128 cm³/mol. The zero-order valence-electron chi connectivity index (χ0n) is 17.6. The summed E-state index contributed by atoms with van der Waals surface area (Å²) in [5, 5.41) is 8.42. The van der Waals surface area contributed by atoms with E-state index in [1.165, 1.54) is 18.4 Å². The van der Waals surface area contributed by atoms with E-state index in [1.54, 1.807) is 12.5 Å². The molecule has 7 heteroatoms. The summed E-state index contributed by atoms with van der Waals surface area (Å²) in [6, 6.07) is 17.8. The van der Waals surface area contributed by atoms with E-state index in [9.17, 15) is 0 Å². The first-order valence-corrected chi connectivity index (χ1v) is 11.2. The number of nitrogens with zero attached hydrogens (tertiary/aromatic N) is 3. The third kappa shape index (κ3) is 4.66. The van der Waals surface area contributed by atoms with Gasteiger partial charge in [0.25, 0.3) is 0 Å². The topological polar surface area (TPSA) is 72.0 Å². The van der Waals surface area contributed by atoms with E-state index >= 15 is 0 Å². The number of hydrogen-bond donors (Lipinski definition) is 2. The lowest BCUT2D eigenvalue weighted by Gasteiger charge is -2.23. The zero-order valence-corrected chi connectivity index (χ0v) is 18.3. The smallest absolute Gasteiger partial charge is 0.141 e. The highest BCUT2D eigenvalue weighted by Crippen LogP contribution is 2.32. The van der Waals surface area contributed by atoms with Gasteiger partial charge in [0.05, 0.1) is 16.2 Å². The highest BCUT2D eigenvalue weighted by molar-refractivity contribution is 6.32. The van der Waals surface area contributed by atoms with E-state index in [0.717, 1.165) is 41.2 Å². The Balaban J connectivity index is 1.36. The zero-order chi connectivity index (χ0) is 21.8. The largest absolute Gasteiger partial charge is 0.486 e. The molecule has 0 saturated carbocycles. The molecule has 1 saturated heterocycles. The first kappa shape index (κ1) is 20.7. The molecule has 2 aromatic heterocycles. The van der Waals surface area contributed by atoms with Gasteiger partial charge in [0.2, 0.25) is 0 Å². The van der Waals surface area contributed by atoms with Gasteiger partial charge in [0.15, 0.2) is 0 Å². The summed E-state index contributed by atoms with van der Waals surface area (Å²) >= 11 is 6.48. The Morgan fingerprint density at radius 3 is 2.84 bits per heavy atom. The van der Waals surface area contributed by atoms with Crippen molar-refractivity contribution in [3.8, 4) is 5.75 Å². The number of halogens is 1. The van der Waals surface area contributed by atoms with Crippen molar-refractivity contribution in [1.82, 2.24) is 20.3 Å². The Kier molecular flexibility index (Phi) is 6.14. The summed E-state index contributed by atoms with van der Waals surface area (Å²) < 4.78 is 5.83. The van der Waals surface area contributed by atoms with Crippen molar-refractivity contribution in [2.24, 2.45) is 0 Å². The van der Waals surface area contributed by atoms with Gasteiger partial charge >= 0.3 is 0 Å². The van der Waals surface area contributed by atoms with Crippen LogP contribution in [0.1, 0.15) is 30.0 Å². The van der Waals surface area contributed by atoms with Gasteiger partial charge in [0, 0.05) is 23.8 Å². The molecule has 162 valence electrons. The fourth-order valence-corrected chi connectivity index (χ4v) is 4.27. The molecular weight excluding hydrogens is 422 g/mol. The molecule has 2 aromatic carbocycles. The number of anilines is 2. The van der Waals surface area contributed by atoms with Crippen molar-refractivity contribution in [3.63, 3.8) is 0 Å². The Morgan fingerprint density at radius 1 is 1.06 bits per heavy atom. The second kappa shape index (κ2) is 9.51. The van der Waals surface area contributed by atoms with Crippen LogP contribution in [0.3, 0.4) is 0 Å². The number of aromatic nitrogens is 3. The molecule has 0 radical (unpaired) electrons. The molecule has 1 atom stereocenters. The number of pyridine rings is 1. The van der Waals surface area contributed by atoms with Crippen LogP contribution in [0.25, 0.3) is 10.9 Å². The molecule has 1 aliphatic heterocycles. The number of benzene rings is 2. The Labute approximate surface area is 192 Å². The molecule has 0 bridgehead atoms. The number of hydrogen-bond acceptors (Lipinski definition) is 6. The molecular formula is C25H24ClN5O. The summed E-state index contributed by atoms with van der Waals surface area (Å²) in [5.41, 5.74) is 3.92. The van der Waals surface area contributed by atoms with Gasteiger partial charge < -0.3 is 15.4 Å². The summed E-state index contributed by atoms with van der Waals surface area (Å²) in [5.74, 6) is 1.90. The Bertz CT molecular complexity index is 1210. The molecule has 0 spiro atoms. The molecule has 32 heavy (non-hydrogen) atoms. The van der Waals surface area contributed by atoms with Crippen molar-refractivity contribution in [2.45, 2.75) is 25.4 Å². The van der Waals surface area contributed by atoms with Crippen molar-refractivity contribution in [3.05, 3.63) is 83.4 Å². The van der Waals surface area contributed by atoms with Gasteiger partial charge in [-0.05, 0) is 73.3 Å². The Hall–Kier alpha value is -3.22. The van der Waals surface area contributed by atoms with E-state index in [-0.39, 0.29) is 0 Å². The third-order valence-corrected chi connectivity index (χ3v) is 6.02. The van der Waals surface area contributed by atoms with Crippen molar-refractivity contribution >= 4 is 34.0 Å². The molecule has 2 N–H and O–H groups in total. The Morgan fingerprint density at radius 2 is 2.03 bits per heavy atom. The van der Waals surface area contributed by atoms with Crippen LogP contribution < -0.4 is 15.4 Å². The molecule has 6 nitrogen and oxygen atoms in total.